The third kappa shape index (κ3) is 4.38. The first-order chi connectivity index (χ1) is 15.1. The largest absolute Gasteiger partial charge is 0.358 e. The Morgan fingerprint density at radius 3 is 2.25 bits per heavy atom. The standard InChI is InChI=1S/C21H25N3O6S2/c1-31(26,27)18-8-5-9-19(16-18)32(28,29)24-14-15-30-21(24)10-12-23(13-11-21)20(25)22-17-6-3-2-4-7-17/h2-9,16H,10-15H2,1H3,(H,22,25). The van der Waals surface area contributed by atoms with E-state index in [0.717, 1.165) is 6.26 Å². The molecule has 2 saturated heterocycles. The van der Waals surface area contributed by atoms with Crippen molar-refractivity contribution in [2.45, 2.75) is 28.4 Å². The fourth-order valence-electron chi connectivity index (χ4n) is 4.10. The molecule has 0 aromatic heterocycles. The third-order valence-corrected chi connectivity index (χ3v) is 8.85. The van der Waals surface area contributed by atoms with Gasteiger partial charge in [0.2, 0.25) is 10.0 Å². The maximum Gasteiger partial charge on any atom is 0.321 e. The van der Waals surface area contributed by atoms with Crippen LogP contribution in [0.3, 0.4) is 0 Å². The summed E-state index contributed by atoms with van der Waals surface area (Å²) in [5, 5.41) is 2.84. The SMILES string of the molecule is CS(=O)(=O)c1cccc(S(=O)(=O)N2CCOC23CCN(C(=O)Nc2ccccc2)CC3)c1. The highest BCUT2D eigenvalue weighted by atomic mass is 32.2. The first-order valence-corrected chi connectivity index (χ1v) is 13.5. The molecule has 32 heavy (non-hydrogen) atoms. The van der Waals surface area contributed by atoms with Crippen molar-refractivity contribution in [3.8, 4) is 0 Å². The van der Waals surface area contributed by atoms with Gasteiger partial charge in [0.05, 0.1) is 16.4 Å². The second-order valence-electron chi connectivity index (χ2n) is 7.90. The number of ether oxygens (including phenoxy) is 1. The highest BCUT2D eigenvalue weighted by molar-refractivity contribution is 7.91. The van der Waals surface area contributed by atoms with Gasteiger partial charge in [-0.2, -0.15) is 4.31 Å². The highest BCUT2D eigenvalue weighted by Crippen LogP contribution is 2.38. The summed E-state index contributed by atoms with van der Waals surface area (Å²) in [5.41, 5.74) is -0.367. The van der Waals surface area contributed by atoms with Gasteiger partial charge in [-0.05, 0) is 30.3 Å². The van der Waals surface area contributed by atoms with Gasteiger partial charge < -0.3 is 15.0 Å². The number of rotatable bonds is 4. The van der Waals surface area contributed by atoms with Crippen LogP contribution in [-0.2, 0) is 24.6 Å². The fourth-order valence-corrected chi connectivity index (χ4v) is 6.61. The molecule has 0 aliphatic carbocycles. The Labute approximate surface area is 187 Å². The summed E-state index contributed by atoms with van der Waals surface area (Å²) in [6.45, 7) is 1.06. The summed E-state index contributed by atoms with van der Waals surface area (Å²) in [6.07, 6.45) is 1.68. The molecule has 2 fully saturated rings. The average Bonchev–Trinajstić information content (AvgIpc) is 3.18. The van der Waals surface area contributed by atoms with Crippen LogP contribution in [0.1, 0.15) is 12.8 Å². The maximum atomic E-state index is 13.4. The number of nitrogens with one attached hydrogen (secondary N) is 1. The number of urea groups is 1. The van der Waals surface area contributed by atoms with Crippen molar-refractivity contribution in [1.29, 1.82) is 0 Å². The zero-order valence-corrected chi connectivity index (χ0v) is 19.2. The van der Waals surface area contributed by atoms with Crippen LogP contribution in [0.5, 0.6) is 0 Å². The number of sulfonamides is 1. The van der Waals surface area contributed by atoms with E-state index in [1.165, 1.54) is 28.6 Å². The van der Waals surface area contributed by atoms with Crippen LogP contribution in [0.2, 0.25) is 0 Å². The number of carbonyl (C=O) groups is 1. The molecule has 172 valence electrons. The molecule has 1 spiro atoms. The molecule has 2 aromatic carbocycles. The molecule has 1 N–H and O–H groups in total. The molecule has 2 aliphatic rings. The van der Waals surface area contributed by atoms with E-state index in [1.807, 2.05) is 18.2 Å². The predicted molar refractivity (Wildman–Crippen MR) is 118 cm³/mol. The van der Waals surface area contributed by atoms with Crippen LogP contribution >= 0.6 is 0 Å². The van der Waals surface area contributed by atoms with Gasteiger partial charge in [-0.3, -0.25) is 0 Å². The van der Waals surface area contributed by atoms with Crippen LogP contribution in [0.25, 0.3) is 0 Å². The van der Waals surface area contributed by atoms with E-state index in [1.54, 1.807) is 17.0 Å². The topological polar surface area (TPSA) is 113 Å². The molecule has 0 atom stereocenters. The van der Waals surface area contributed by atoms with E-state index >= 15 is 0 Å². The van der Waals surface area contributed by atoms with Gasteiger partial charge in [-0.1, -0.05) is 24.3 Å². The normalized spacial score (nSPS) is 19.2. The zero-order chi connectivity index (χ0) is 23.0. The Hall–Kier alpha value is -2.47. The lowest BCUT2D eigenvalue weighted by Gasteiger charge is -2.42. The minimum absolute atomic E-state index is 0.0554. The van der Waals surface area contributed by atoms with Crippen LogP contribution in [0.15, 0.2) is 64.4 Å². The van der Waals surface area contributed by atoms with Crippen LogP contribution in [0.4, 0.5) is 10.5 Å². The van der Waals surface area contributed by atoms with Crippen molar-refractivity contribution in [3.05, 3.63) is 54.6 Å². The monoisotopic (exact) mass is 479 g/mol. The molecule has 9 nitrogen and oxygen atoms in total. The number of hydrogen-bond acceptors (Lipinski definition) is 6. The van der Waals surface area contributed by atoms with Crippen molar-refractivity contribution >= 4 is 31.6 Å². The lowest BCUT2D eigenvalue weighted by molar-refractivity contribution is -0.0840. The van der Waals surface area contributed by atoms with Gasteiger partial charge in [0, 0.05) is 44.4 Å². The van der Waals surface area contributed by atoms with Gasteiger partial charge >= 0.3 is 6.03 Å². The molecule has 4 rings (SSSR count). The summed E-state index contributed by atoms with van der Waals surface area (Å²) in [4.78, 5) is 14.1. The first kappa shape index (κ1) is 22.7. The Bertz CT molecular complexity index is 1210. The Morgan fingerprint density at radius 2 is 1.59 bits per heavy atom. The van der Waals surface area contributed by atoms with Crippen LogP contribution < -0.4 is 5.32 Å². The summed E-state index contributed by atoms with van der Waals surface area (Å²) in [5.74, 6) is 0. The van der Waals surface area contributed by atoms with Gasteiger partial charge in [-0.25, -0.2) is 21.6 Å². The van der Waals surface area contributed by atoms with E-state index in [-0.39, 0.29) is 29.0 Å². The van der Waals surface area contributed by atoms with Crippen molar-refractivity contribution < 1.29 is 26.4 Å². The van der Waals surface area contributed by atoms with Crippen molar-refractivity contribution in [2.24, 2.45) is 0 Å². The summed E-state index contributed by atoms with van der Waals surface area (Å²) < 4.78 is 57.8. The highest BCUT2D eigenvalue weighted by Gasteiger charge is 2.51. The van der Waals surface area contributed by atoms with E-state index in [2.05, 4.69) is 5.32 Å². The second kappa shape index (κ2) is 8.47. The molecule has 0 unspecified atom stereocenters. The maximum absolute atomic E-state index is 13.4. The number of piperidine rings is 1. The van der Waals surface area contributed by atoms with E-state index < -0.39 is 25.6 Å². The molecule has 2 amide bonds. The Kier molecular flexibility index (Phi) is 6.01. The Morgan fingerprint density at radius 1 is 0.938 bits per heavy atom. The number of nitrogens with zero attached hydrogens (tertiary/aromatic N) is 2. The predicted octanol–water partition coefficient (Wildman–Crippen LogP) is 2.14. The van der Waals surface area contributed by atoms with E-state index in [9.17, 15) is 21.6 Å². The number of hydrogen-bond donors (Lipinski definition) is 1. The molecule has 2 aromatic rings. The van der Waals surface area contributed by atoms with Crippen LogP contribution in [0, 0.1) is 0 Å². The molecule has 0 bridgehead atoms. The molecule has 11 heteroatoms. The van der Waals surface area contributed by atoms with Gasteiger partial charge in [0.25, 0.3) is 0 Å². The number of sulfone groups is 1. The number of benzene rings is 2. The first-order valence-electron chi connectivity index (χ1n) is 10.2. The third-order valence-electron chi connectivity index (χ3n) is 5.80. The van der Waals surface area contributed by atoms with Gasteiger partial charge in [0.1, 0.15) is 5.72 Å². The quantitative estimate of drug-likeness (QED) is 0.719. The minimum Gasteiger partial charge on any atom is -0.358 e. The fraction of sp³-hybridized carbons (Fsp3) is 0.381. The summed E-state index contributed by atoms with van der Waals surface area (Å²) in [6, 6.07) is 14.2. The number of likely N-dealkylation sites (tertiary alicyclic amines) is 1. The van der Waals surface area contributed by atoms with E-state index in [0.29, 0.717) is 31.6 Å². The average molecular weight is 480 g/mol. The van der Waals surface area contributed by atoms with Crippen molar-refractivity contribution in [3.63, 3.8) is 0 Å². The second-order valence-corrected chi connectivity index (χ2v) is 11.8. The lowest BCUT2D eigenvalue weighted by Crippen LogP contribution is -2.56. The summed E-state index contributed by atoms with van der Waals surface area (Å²) in [7, 11) is -7.54. The molecule has 0 saturated carbocycles. The van der Waals surface area contributed by atoms with Gasteiger partial charge in [0.15, 0.2) is 9.84 Å². The Balaban J connectivity index is 1.51. The molecule has 0 radical (unpaired) electrons. The molecular weight excluding hydrogens is 454 g/mol. The van der Waals surface area contributed by atoms with Crippen molar-refractivity contribution in [2.75, 3.05) is 37.8 Å². The van der Waals surface area contributed by atoms with E-state index in [4.69, 9.17) is 4.74 Å². The number of para-hydroxylation sites is 1. The number of anilines is 1. The van der Waals surface area contributed by atoms with Gasteiger partial charge in [-0.15, -0.1) is 0 Å². The van der Waals surface area contributed by atoms with Crippen LogP contribution in [-0.4, -0.2) is 70.3 Å². The lowest BCUT2D eigenvalue weighted by atomic mass is 10.0. The number of amides is 2. The summed E-state index contributed by atoms with van der Waals surface area (Å²) >= 11 is 0. The zero-order valence-electron chi connectivity index (χ0n) is 17.6. The number of carbonyl (C=O) groups excluding carboxylic acids is 1. The minimum atomic E-state index is -3.99. The smallest absolute Gasteiger partial charge is 0.321 e. The molecular formula is C21H25N3O6S2. The molecule has 2 aliphatic heterocycles. The van der Waals surface area contributed by atoms with Crippen molar-refractivity contribution in [1.82, 2.24) is 9.21 Å². The molecule has 2 heterocycles.